The molecule has 0 saturated carbocycles. The van der Waals surface area contributed by atoms with E-state index in [2.05, 4.69) is 5.10 Å². The maximum absolute atomic E-state index is 6.10. The monoisotopic (exact) mass is 255 g/mol. The van der Waals surface area contributed by atoms with Crippen LogP contribution in [0.1, 0.15) is 0 Å². The van der Waals surface area contributed by atoms with Crippen LogP contribution in [0.3, 0.4) is 0 Å². The Hall–Kier alpha value is -1.03. The third-order valence-electron chi connectivity index (χ3n) is 2.23. The van der Waals surface area contributed by atoms with Crippen LogP contribution in [0.2, 0.25) is 10.0 Å². The van der Waals surface area contributed by atoms with Gasteiger partial charge in [0.2, 0.25) is 0 Å². The average Bonchev–Trinajstić information content (AvgIpc) is 2.71. The van der Waals surface area contributed by atoms with E-state index in [1.165, 1.54) is 0 Å². The van der Waals surface area contributed by atoms with E-state index in [0.717, 1.165) is 11.1 Å². The van der Waals surface area contributed by atoms with Crippen molar-refractivity contribution in [3.8, 4) is 11.1 Å². The van der Waals surface area contributed by atoms with Crippen LogP contribution >= 0.6 is 23.2 Å². The maximum atomic E-state index is 6.10. The van der Waals surface area contributed by atoms with Crippen molar-refractivity contribution in [2.45, 2.75) is 6.54 Å². The van der Waals surface area contributed by atoms with Gasteiger partial charge in [0.25, 0.3) is 0 Å². The van der Waals surface area contributed by atoms with Gasteiger partial charge >= 0.3 is 0 Å². The summed E-state index contributed by atoms with van der Waals surface area (Å²) in [6.45, 7) is 1.25. The Labute approximate surface area is 104 Å². The zero-order valence-corrected chi connectivity index (χ0v) is 10.0. The Morgan fingerprint density at radius 2 is 2.12 bits per heavy atom. The highest BCUT2D eigenvalue weighted by Gasteiger charge is 2.06. The summed E-state index contributed by atoms with van der Waals surface area (Å²) in [5.41, 5.74) is 7.29. The molecule has 3 nitrogen and oxygen atoms in total. The lowest BCUT2D eigenvalue weighted by atomic mass is 10.1. The van der Waals surface area contributed by atoms with E-state index in [4.69, 9.17) is 28.9 Å². The summed E-state index contributed by atoms with van der Waals surface area (Å²) in [6, 6.07) is 5.37. The SMILES string of the molecule is NCCn1cc(-c2cc(Cl)ccc2Cl)cn1. The quantitative estimate of drug-likeness (QED) is 0.917. The van der Waals surface area contributed by atoms with Crippen LogP contribution in [0.25, 0.3) is 11.1 Å². The highest BCUT2D eigenvalue weighted by molar-refractivity contribution is 6.35. The largest absolute Gasteiger partial charge is 0.329 e. The van der Waals surface area contributed by atoms with Crippen molar-refractivity contribution in [2.24, 2.45) is 5.73 Å². The molecule has 84 valence electrons. The van der Waals surface area contributed by atoms with Gasteiger partial charge in [-0.15, -0.1) is 0 Å². The molecule has 1 aromatic heterocycles. The van der Waals surface area contributed by atoms with E-state index in [1.54, 1.807) is 23.0 Å². The zero-order valence-electron chi connectivity index (χ0n) is 8.53. The molecule has 16 heavy (non-hydrogen) atoms. The highest BCUT2D eigenvalue weighted by Crippen LogP contribution is 2.30. The molecule has 0 spiro atoms. The fraction of sp³-hybridized carbons (Fsp3) is 0.182. The van der Waals surface area contributed by atoms with Crippen molar-refractivity contribution in [2.75, 3.05) is 6.54 Å². The van der Waals surface area contributed by atoms with Gasteiger partial charge in [0.05, 0.1) is 12.7 Å². The third kappa shape index (κ3) is 2.38. The molecule has 1 heterocycles. The van der Waals surface area contributed by atoms with Gasteiger partial charge in [-0.3, -0.25) is 4.68 Å². The minimum absolute atomic E-state index is 0.560. The Kier molecular flexibility index (Phi) is 3.49. The van der Waals surface area contributed by atoms with Crippen LogP contribution in [0, 0.1) is 0 Å². The van der Waals surface area contributed by atoms with Crippen LogP contribution < -0.4 is 5.73 Å². The molecule has 0 unspecified atom stereocenters. The predicted octanol–water partition coefficient (Wildman–Crippen LogP) is 2.82. The Bertz CT molecular complexity index is 494. The summed E-state index contributed by atoms with van der Waals surface area (Å²) < 4.78 is 1.78. The Morgan fingerprint density at radius 3 is 2.88 bits per heavy atom. The van der Waals surface area contributed by atoms with Crippen molar-refractivity contribution in [1.82, 2.24) is 9.78 Å². The Morgan fingerprint density at radius 1 is 1.31 bits per heavy atom. The number of hydrogen-bond donors (Lipinski definition) is 1. The van der Waals surface area contributed by atoms with Gasteiger partial charge in [0.15, 0.2) is 0 Å². The number of nitrogens with zero attached hydrogens (tertiary/aromatic N) is 2. The van der Waals surface area contributed by atoms with Crippen LogP contribution in [-0.4, -0.2) is 16.3 Å². The van der Waals surface area contributed by atoms with E-state index in [9.17, 15) is 0 Å². The second-order valence-electron chi connectivity index (χ2n) is 3.40. The van der Waals surface area contributed by atoms with Gasteiger partial charge < -0.3 is 5.73 Å². The van der Waals surface area contributed by atoms with Crippen molar-refractivity contribution in [3.63, 3.8) is 0 Å². The summed E-state index contributed by atoms with van der Waals surface area (Å²) in [4.78, 5) is 0. The number of halogens is 2. The highest BCUT2D eigenvalue weighted by atomic mass is 35.5. The standard InChI is InChI=1S/C11H11Cl2N3/c12-9-1-2-11(13)10(5-9)8-6-15-16(7-8)4-3-14/h1-2,5-7H,3-4,14H2. The minimum atomic E-state index is 0.560. The van der Waals surface area contributed by atoms with Crippen molar-refractivity contribution >= 4 is 23.2 Å². The minimum Gasteiger partial charge on any atom is -0.329 e. The fourth-order valence-corrected chi connectivity index (χ4v) is 1.87. The van der Waals surface area contributed by atoms with Gasteiger partial charge in [0, 0.05) is 33.9 Å². The first-order valence-corrected chi connectivity index (χ1v) is 5.64. The first kappa shape index (κ1) is 11.5. The molecule has 0 aliphatic carbocycles. The molecule has 0 radical (unpaired) electrons. The lowest BCUT2D eigenvalue weighted by molar-refractivity contribution is 0.625. The van der Waals surface area contributed by atoms with Gasteiger partial charge in [-0.05, 0) is 18.2 Å². The molecule has 0 aliphatic heterocycles. The first-order chi connectivity index (χ1) is 7.70. The van der Waals surface area contributed by atoms with Gasteiger partial charge in [-0.2, -0.15) is 5.10 Å². The first-order valence-electron chi connectivity index (χ1n) is 4.88. The third-order valence-corrected chi connectivity index (χ3v) is 2.80. The Balaban J connectivity index is 2.38. The van der Waals surface area contributed by atoms with E-state index < -0.39 is 0 Å². The van der Waals surface area contributed by atoms with Crippen LogP contribution in [0.4, 0.5) is 0 Å². The lowest BCUT2D eigenvalue weighted by Gasteiger charge is -2.01. The normalized spacial score (nSPS) is 10.7. The number of rotatable bonds is 3. The molecular weight excluding hydrogens is 245 g/mol. The summed E-state index contributed by atoms with van der Waals surface area (Å²) in [5, 5.41) is 5.51. The lowest BCUT2D eigenvalue weighted by Crippen LogP contribution is -2.09. The smallest absolute Gasteiger partial charge is 0.0568 e. The second kappa shape index (κ2) is 4.87. The molecule has 2 rings (SSSR count). The van der Waals surface area contributed by atoms with Crippen molar-refractivity contribution in [1.29, 1.82) is 0 Å². The average molecular weight is 256 g/mol. The summed E-state index contributed by atoms with van der Waals surface area (Å²) in [7, 11) is 0. The summed E-state index contributed by atoms with van der Waals surface area (Å²) in [6.07, 6.45) is 3.66. The fourth-order valence-electron chi connectivity index (χ4n) is 1.48. The molecule has 0 amide bonds. The molecule has 2 N–H and O–H groups in total. The van der Waals surface area contributed by atoms with Crippen LogP contribution in [-0.2, 0) is 6.54 Å². The topological polar surface area (TPSA) is 43.8 Å². The molecule has 1 aromatic carbocycles. The number of benzene rings is 1. The molecule has 0 saturated heterocycles. The molecule has 0 bridgehead atoms. The van der Waals surface area contributed by atoms with Gasteiger partial charge in [-0.1, -0.05) is 23.2 Å². The molecule has 0 aliphatic rings. The molecule has 0 atom stereocenters. The van der Waals surface area contributed by atoms with E-state index in [-0.39, 0.29) is 0 Å². The second-order valence-corrected chi connectivity index (χ2v) is 4.25. The predicted molar refractivity (Wildman–Crippen MR) is 66.7 cm³/mol. The van der Waals surface area contributed by atoms with Gasteiger partial charge in [-0.25, -0.2) is 0 Å². The molecule has 5 heteroatoms. The zero-order chi connectivity index (χ0) is 11.5. The molecular formula is C11H11Cl2N3. The van der Waals surface area contributed by atoms with Gasteiger partial charge in [0.1, 0.15) is 0 Å². The van der Waals surface area contributed by atoms with Crippen LogP contribution in [0.15, 0.2) is 30.6 Å². The van der Waals surface area contributed by atoms with E-state index in [1.807, 2.05) is 12.3 Å². The number of nitrogens with two attached hydrogens (primary N) is 1. The molecule has 0 fully saturated rings. The van der Waals surface area contributed by atoms with E-state index in [0.29, 0.717) is 23.1 Å². The maximum Gasteiger partial charge on any atom is 0.0568 e. The number of hydrogen-bond acceptors (Lipinski definition) is 2. The van der Waals surface area contributed by atoms with Crippen molar-refractivity contribution in [3.05, 3.63) is 40.6 Å². The number of aromatic nitrogens is 2. The van der Waals surface area contributed by atoms with Crippen LogP contribution in [0.5, 0.6) is 0 Å². The summed E-state index contributed by atoms with van der Waals surface area (Å²) in [5.74, 6) is 0. The molecule has 2 aromatic rings. The van der Waals surface area contributed by atoms with E-state index >= 15 is 0 Å². The summed E-state index contributed by atoms with van der Waals surface area (Å²) >= 11 is 12.0. The van der Waals surface area contributed by atoms with Crippen molar-refractivity contribution < 1.29 is 0 Å².